The molecule has 0 saturated carbocycles. The smallest absolute Gasteiger partial charge is 0.220 e. The molecule has 0 aromatic carbocycles. The van der Waals surface area contributed by atoms with Gasteiger partial charge in [-0.25, -0.2) is 0 Å². The molecule has 0 aromatic rings. The lowest BCUT2D eigenvalue weighted by atomic mass is 9.85. The van der Waals surface area contributed by atoms with E-state index < -0.39 is 0 Å². The van der Waals surface area contributed by atoms with Crippen molar-refractivity contribution in [3.8, 4) is 0 Å². The van der Waals surface area contributed by atoms with Crippen molar-refractivity contribution in [3.63, 3.8) is 0 Å². The monoisotopic (exact) mass is 284 g/mol. The Hall–Kier alpha value is -0.220. The van der Waals surface area contributed by atoms with Crippen LogP contribution in [0.2, 0.25) is 0 Å². The van der Waals surface area contributed by atoms with Crippen molar-refractivity contribution in [1.82, 2.24) is 10.6 Å². The topological polar surface area (TPSA) is 41.1 Å². The average Bonchev–Trinajstić information content (AvgIpc) is 2.85. The molecule has 3 unspecified atom stereocenters. The van der Waals surface area contributed by atoms with Crippen molar-refractivity contribution in [2.75, 3.05) is 25.4 Å². The molecule has 0 spiro atoms. The van der Waals surface area contributed by atoms with E-state index in [0.717, 1.165) is 19.6 Å². The molecule has 2 rings (SSSR count). The molecule has 4 heteroatoms. The van der Waals surface area contributed by atoms with E-state index in [0.29, 0.717) is 18.3 Å². The first-order valence-electron chi connectivity index (χ1n) is 7.70. The maximum absolute atomic E-state index is 12.1. The highest BCUT2D eigenvalue weighted by Gasteiger charge is 2.30. The van der Waals surface area contributed by atoms with Crippen molar-refractivity contribution in [2.24, 2.45) is 11.8 Å². The third-order valence-corrected chi connectivity index (χ3v) is 6.15. The second-order valence-corrected chi connectivity index (χ2v) is 8.15. The Balaban J connectivity index is 1.68. The van der Waals surface area contributed by atoms with Crippen LogP contribution in [0.4, 0.5) is 0 Å². The van der Waals surface area contributed by atoms with Gasteiger partial charge in [-0.1, -0.05) is 6.92 Å². The summed E-state index contributed by atoms with van der Waals surface area (Å²) in [5.41, 5.74) is 0. The number of rotatable bonds is 5. The average molecular weight is 284 g/mol. The first-order chi connectivity index (χ1) is 9.09. The fourth-order valence-electron chi connectivity index (χ4n) is 3.16. The van der Waals surface area contributed by atoms with Crippen LogP contribution in [-0.4, -0.2) is 36.0 Å². The van der Waals surface area contributed by atoms with Crippen LogP contribution in [0.3, 0.4) is 0 Å². The van der Waals surface area contributed by atoms with Gasteiger partial charge in [0.1, 0.15) is 0 Å². The van der Waals surface area contributed by atoms with E-state index in [2.05, 4.69) is 24.5 Å². The SMILES string of the molecule is CC(CC(=O)NCC1(C)CCCS1)C1CCCNC1. The number of carbonyl (C=O) groups excluding carboxylic acids is 1. The van der Waals surface area contributed by atoms with Crippen molar-refractivity contribution in [3.05, 3.63) is 0 Å². The Bertz CT molecular complexity index is 297. The zero-order chi connectivity index (χ0) is 13.7. The van der Waals surface area contributed by atoms with Gasteiger partial charge in [0.15, 0.2) is 0 Å². The number of nitrogens with one attached hydrogen (secondary N) is 2. The molecule has 0 radical (unpaired) electrons. The first-order valence-corrected chi connectivity index (χ1v) is 8.69. The van der Waals surface area contributed by atoms with Gasteiger partial charge in [0.2, 0.25) is 5.91 Å². The molecule has 2 aliphatic rings. The summed E-state index contributed by atoms with van der Waals surface area (Å²) in [6.07, 6.45) is 5.74. The van der Waals surface area contributed by atoms with Gasteiger partial charge in [-0.15, -0.1) is 0 Å². The van der Waals surface area contributed by atoms with Gasteiger partial charge in [-0.3, -0.25) is 4.79 Å². The molecular formula is C15H28N2OS. The van der Waals surface area contributed by atoms with Gasteiger partial charge in [0.25, 0.3) is 0 Å². The minimum atomic E-state index is 0.242. The molecule has 2 saturated heterocycles. The number of hydrogen-bond donors (Lipinski definition) is 2. The van der Waals surface area contributed by atoms with Crippen LogP contribution >= 0.6 is 11.8 Å². The van der Waals surface area contributed by atoms with Gasteiger partial charge in [0, 0.05) is 17.7 Å². The lowest BCUT2D eigenvalue weighted by Crippen LogP contribution is -2.39. The lowest BCUT2D eigenvalue weighted by Gasteiger charge is -2.28. The predicted molar refractivity (Wildman–Crippen MR) is 82.5 cm³/mol. The molecule has 3 atom stereocenters. The van der Waals surface area contributed by atoms with Crippen molar-refractivity contribution >= 4 is 17.7 Å². The van der Waals surface area contributed by atoms with E-state index in [-0.39, 0.29) is 10.7 Å². The summed E-state index contributed by atoms with van der Waals surface area (Å²) < 4.78 is 0.283. The summed E-state index contributed by atoms with van der Waals surface area (Å²) in [5, 5.41) is 6.59. The van der Waals surface area contributed by atoms with Crippen LogP contribution in [0.25, 0.3) is 0 Å². The van der Waals surface area contributed by atoms with Crippen LogP contribution in [0.5, 0.6) is 0 Å². The Kier molecular flexibility index (Phi) is 5.58. The highest BCUT2D eigenvalue weighted by atomic mass is 32.2. The van der Waals surface area contributed by atoms with Gasteiger partial charge in [-0.05, 0) is 63.3 Å². The number of hydrogen-bond acceptors (Lipinski definition) is 3. The molecule has 0 aromatic heterocycles. The molecule has 2 heterocycles. The molecule has 110 valence electrons. The third-order valence-electron chi connectivity index (χ3n) is 4.61. The first kappa shape index (κ1) is 15.2. The van der Waals surface area contributed by atoms with Crippen LogP contribution in [0.1, 0.15) is 46.0 Å². The Morgan fingerprint density at radius 1 is 1.53 bits per heavy atom. The largest absolute Gasteiger partial charge is 0.355 e. The molecule has 1 amide bonds. The van der Waals surface area contributed by atoms with Crippen LogP contribution in [0, 0.1) is 11.8 Å². The number of carbonyl (C=O) groups is 1. The van der Waals surface area contributed by atoms with Crippen molar-refractivity contribution in [2.45, 2.75) is 50.7 Å². The zero-order valence-corrected chi connectivity index (χ0v) is 13.2. The maximum atomic E-state index is 12.1. The third kappa shape index (κ3) is 4.67. The van der Waals surface area contributed by atoms with Gasteiger partial charge in [0.05, 0.1) is 0 Å². The molecule has 0 bridgehead atoms. The van der Waals surface area contributed by atoms with Gasteiger partial charge < -0.3 is 10.6 Å². The van der Waals surface area contributed by atoms with E-state index >= 15 is 0 Å². The number of thioether (sulfide) groups is 1. The maximum Gasteiger partial charge on any atom is 0.220 e. The fraction of sp³-hybridized carbons (Fsp3) is 0.933. The second kappa shape index (κ2) is 6.98. The van der Waals surface area contributed by atoms with E-state index in [1.165, 1.54) is 31.4 Å². The Morgan fingerprint density at radius 3 is 3.00 bits per heavy atom. The molecule has 0 aliphatic carbocycles. The zero-order valence-electron chi connectivity index (χ0n) is 12.3. The summed E-state index contributed by atoms with van der Waals surface area (Å²) in [6, 6.07) is 0. The highest BCUT2D eigenvalue weighted by Crippen LogP contribution is 2.37. The Morgan fingerprint density at radius 2 is 2.37 bits per heavy atom. The van der Waals surface area contributed by atoms with E-state index in [1.54, 1.807) is 0 Å². The standard InChI is InChI=1S/C15H28N2OS/c1-12(13-5-3-7-16-10-13)9-14(18)17-11-15(2)6-4-8-19-15/h12-13,16H,3-11H2,1-2H3,(H,17,18). The van der Waals surface area contributed by atoms with Crippen molar-refractivity contribution in [1.29, 1.82) is 0 Å². The summed E-state index contributed by atoms with van der Waals surface area (Å²) in [7, 11) is 0. The van der Waals surface area contributed by atoms with E-state index in [4.69, 9.17) is 0 Å². The van der Waals surface area contributed by atoms with Crippen LogP contribution in [0.15, 0.2) is 0 Å². The minimum Gasteiger partial charge on any atom is -0.355 e. The van der Waals surface area contributed by atoms with Gasteiger partial charge >= 0.3 is 0 Å². The summed E-state index contributed by atoms with van der Waals surface area (Å²) >= 11 is 2.01. The summed E-state index contributed by atoms with van der Waals surface area (Å²) in [4.78, 5) is 12.1. The summed E-state index contributed by atoms with van der Waals surface area (Å²) in [5.74, 6) is 2.66. The van der Waals surface area contributed by atoms with Gasteiger partial charge in [-0.2, -0.15) is 11.8 Å². The van der Waals surface area contributed by atoms with Crippen LogP contribution < -0.4 is 10.6 Å². The van der Waals surface area contributed by atoms with Crippen molar-refractivity contribution < 1.29 is 4.79 Å². The fourth-order valence-corrected chi connectivity index (χ4v) is 4.40. The van der Waals surface area contributed by atoms with E-state index in [1.807, 2.05) is 11.8 Å². The quantitative estimate of drug-likeness (QED) is 0.814. The number of piperidine rings is 1. The minimum absolute atomic E-state index is 0.242. The predicted octanol–water partition coefficient (Wildman–Crippen LogP) is 2.41. The number of amides is 1. The normalized spacial score (nSPS) is 33.1. The molecular weight excluding hydrogens is 256 g/mol. The molecule has 2 fully saturated rings. The van der Waals surface area contributed by atoms with Crippen LogP contribution in [-0.2, 0) is 4.79 Å². The molecule has 19 heavy (non-hydrogen) atoms. The molecule has 3 nitrogen and oxygen atoms in total. The second-order valence-electron chi connectivity index (χ2n) is 6.47. The summed E-state index contributed by atoms with van der Waals surface area (Å²) in [6.45, 7) is 7.57. The lowest BCUT2D eigenvalue weighted by molar-refractivity contribution is -0.122. The molecule has 2 N–H and O–H groups in total. The Labute approximate surface area is 121 Å². The molecule has 2 aliphatic heterocycles. The van der Waals surface area contributed by atoms with E-state index in [9.17, 15) is 4.79 Å². The highest BCUT2D eigenvalue weighted by molar-refractivity contribution is 8.00.